The summed E-state index contributed by atoms with van der Waals surface area (Å²) in [5, 5.41) is 3.07. The van der Waals surface area contributed by atoms with Crippen molar-refractivity contribution in [1.82, 2.24) is 20.2 Å². The van der Waals surface area contributed by atoms with Gasteiger partial charge in [-0.05, 0) is 58.0 Å². The zero-order chi connectivity index (χ0) is 16.4. The second-order valence-electron chi connectivity index (χ2n) is 6.23. The van der Waals surface area contributed by atoms with E-state index in [1.807, 2.05) is 32.0 Å². The number of carbonyl (C=O) groups excluding carboxylic acids is 1. The molecule has 23 heavy (non-hydrogen) atoms. The van der Waals surface area contributed by atoms with Crippen molar-refractivity contribution in [2.45, 2.75) is 39.7 Å². The molecule has 1 aromatic heterocycles. The summed E-state index contributed by atoms with van der Waals surface area (Å²) in [7, 11) is 0. The van der Waals surface area contributed by atoms with Gasteiger partial charge in [0.25, 0.3) is 5.91 Å². The third-order valence-electron chi connectivity index (χ3n) is 4.74. The normalized spacial score (nSPS) is 18.5. The molecule has 1 aliphatic heterocycles. The average molecular weight is 312 g/mol. The lowest BCUT2D eigenvalue weighted by atomic mass is 10.1. The molecule has 2 aromatic rings. The van der Waals surface area contributed by atoms with E-state index in [-0.39, 0.29) is 5.91 Å². The average Bonchev–Trinajstić information content (AvgIpc) is 3.00. The third kappa shape index (κ3) is 3.34. The van der Waals surface area contributed by atoms with E-state index >= 15 is 0 Å². The van der Waals surface area contributed by atoms with Crippen LogP contribution in [0.25, 0.3) is 11.0 Å². The molecule has 1 atom stereocenters. The highest BCUT2D eigenvalue weighted by Crippen LogP contribution is 2.17. The van der Waals surface area contributed by atoms with E-state index in [0.717, 1.165) is 41.9 Å². The second kappa shape index (κ2) is 6.62. The number of aryl methyl sites for hydroxylation is 2. The van der Waals surface area contributed by atoms with Crippen molar-refractivity contribution < 1.29 is 4.79 Å². The summed E-state index contributed by atoms with van der Waals surface area (Å²) in [6.07, 6.45) is 2.38. The number of nitrogens with one attached hydrogen (secondary N) is 1. The molecule has 0 aliphatic carbocycles. The van der Waals surface area contributed by atoms with Crippen molar-refractivity contribution in [3.8, 4) is 0 Å². The van der Waals surface area contributed by atoms with Gasteiger partial charge in [0.1, 0.15) is 0 Å². The summed E-state index contributed by atoms with van der Waals surface area (Å²) in [5.74, 6) is -0.0325. The van der Waals surface area contributed by atoms with Crippen molar-refractivity contribution >= 4 is 16.9 Å². The number of nitrogens with zero attached hydrogens (tertiary/aromatic N) is 3. The summed E-state index contributed by atoms with van der Waals surface area (Å²) in [5.41, 5.74) is 4.08. The van der Waals surface area contributed by atoms with Crippen molar-refractivity contribution in [2.75, 3.05) is 19.6 Å². The summed E-state index contributed by atoms with van der Waals surface area (Å²) >= 11 is 0. The number of hydrogen-bond acceptors (Lipinski definition) is 4. The minimum Gasteiger partial charge on any atom is -0.350 e. The molecule has 2 heterocycles. The van der Waals surface area contributed by atoms with Gasteiger partial charge in [-0.3, -0.25) is 9.69 Å². The van der Waals surface area contributed by atoms with Crippen LogP contribution in [0.4, 0.5) is 0 Å². The molecule has 1 saturated heterocycles. The number of amides is 1. The van der Waals surface area contributed by atoms with Gasteiger partial charge in [0.05, 0.1) is 22.4 Å². The van der Waals surface area contributed by atoms with E-state index in [2.05, 4.69) is 27.1 Å². The third-order valence-corrected chi connectivity index (χ3v) is 4.74. The Morgan fingerprint density at radius 1 is 1.26 bits per heavy atom. The maximum atomic E-state index is 12.4. The van der Waals surface area contributed by atoms with Crippen LogP contribution in [0.2, 0.25) is 0 Å². The van der Waals surface area contributed by atoms with Gasteiger partial charge in [-0.1, -0.05) is 6.92 Å². The largest absolute Gasteiger partial charge is 0.350 e. The molecule has 1 amide bonds. The Labute approximate surface area is 137 Å². The molecule has 1 fully saturated rings. The summed E-state index contributed by atoms with van der Waals surface area (Å²) in [6.45, 7) is 8.96. The van der Waals surface area contributed by atoms with E-state index in [1.54, 1.807) is 0 Å². The predicted octanol–water partition coefficient (Wildman–Crippen LogP) is 2.46. The maximum Gasteiger partial charge on any atom is 0.251 e. The fourth-order valence-electron chi connectivity index (χ4n) is 3.23. The highest BCUT2D eigenvalue weighted by atomic mass is 16.1. The lowest BCUT2D eigenvalue weighted by Crippen LogP contribution is -2.40. The molecule has 0 spiro atoms. The molecule has 5 heteroatoms. The van der Waals surface area contributed by atoms with Gasteiger partial charge in [-0.15, -0.1) is 0 Å². The van der Waals surface area contributed by atoms with E-state index < -0.39 is 0 Å². The monoisotopic (exact) mass is 312 g/mol. The summed E-state index contributed by atoms with van der Waals surface area (Å²) in [6, 6.07) is 6.00. The highest BCUT2D eigenvalue weighted by molar-refractivity contribution is 5.97. The molecule has 1 aromatic carbocycles. The molecule has 3 rings (SSSR count). The molecular weight excluding hydrogens is 288 g/mol. The Morgan fingerprint density at radius 3 is 2.74 bits per heavy atom. The molecule has 0 radical (unpaired) electrons. The van der Waals surface area contributed by atoms with Crippen LogP contribution in [0.15, 0.2) is 18.2 Å². The van der Waals surface area contributed by atoms with Gasteiger partial charge in [-0.2, -0.15) is 0 Å². The number of likely N-dealkylation sites (tertiary alicyclic amines) is 1. The van der Waals surface area contributed by atoms with Crippen LogP contribution < -0.4 is 5.32 Å². The van der Waals surface area contributed by atoms with Gasteiger partial charge in [0, 0.05) is 18.2 Å². The predicted molar refractivity (Wildman–Crippen MR) is 91.6 cm³/mol. The van der Waals surface area contributed by atoms with Crippen LogP contribution in [-0.4, -0.2) is 46.5 Å². The SMILES string of the molecule is CCN1CCC[C@H]1CNC(=O)c1ccc2nc(C)c(C)nc2c1. The molecule has 1 aliphatic rings. The first-order valence-corrected chi connectivity index (χ1v) is 8.35. The Hall–Kier alpha value is -2.01. The van der Waals surface area contributed by atoms with Crippen LogP contribution >= 0.6 is 0 Å². The van der Waals surface area contributed by atoms with Crippen molar-refractivity contribution in [2.24, 2.45) is 0 Å². The molecular formula is C18H24N4O. The first-order valence-electron chi connectivity index (χ1n) is 8.35. The zero-order valence-corrected chi connectivity index (χ0v) is 14.1. The highest BCUT2D eigenvalue weighted by Gasteiger charge is 2.23. The first-order chi connectivity index (χ1) is 11.1. The molecule has 0 bridgehead atoms. The summed E-state index contributed by atoms with van der Waals surface area (Å²) < 4.78 is 0. The van der Waals surface area contributed by atoms with Gasteiger partial charge in [0.2, 0.25) is 0 Å². The molecule has 0 unspecified atom stereocenters. The number of benzene rings is 1. The van der Waals surface area contributed by atoms with Crippen LogP contribution in [0.1, 0.15) is 41.5 Å². The second-order valence-corrected chi connectivity index (χ2v) is 6.23. The number of aromatic nitrogens is 2. The fourth-order valence-corrected chi connectivity index (χ4v) is 3.23. The minimum absolute atomic E-state index is 0.0325. The van der Waals surface area contributed by atoms with Gasteiger partial charge in [0.15, 0.2) is 0 Å². The number of hydrogen-bond donors (Lipinski definition) is 1. The Kier molecular flexibility index (Phi) is 4.57. The Balaban J connectivity index is 1.72. The van der Waals surface area contributed by atoms with E-state index in [4.69, 9.17) is 0 Å². The number of carbonyl (C=O) groups is 1. The topological polar surface area (TPSA) is 58.1 Å². The number of fused-ring (bicyclic) bond motifs is 1. The number of likely N-dealkylation sites (N-methyl/N-ethyl adjacent to an activating group) is 1. The van der Waals surface area contributed by atoms with E-state index in [9.17, 15) is 4.79 Å². The molecule has 1 N–H and O–H groups in total. The first kappa shape index (κ1) is 15.9. The van der Waals surface area contributed by atoms with Gasteiger partial charge in [-0.25, -0.2) is 9.97 Å². The van der Waals surface area contributed by atoms with E-state index in [0.29, 0.717) is 18.2 Å². The fraction of sp³-hybridized carbons (Fsp3) is 0.500. The summed E-state index contributed by atoms with van der Waals surface area (Å²) in [4.78, 5) is 23.9. The standard InChI is InChI=1S/C18H24N4O/c1-4-22-9-5-6-15(22)11-19-18(23)14-7-8-16-17(10-14)21-13(3)12(2)20-16/h7-8,10,15H,4-6,9,11H2,1-3H3,(H,19,23)/t15-/m0/s1. The van der Waals surface area contributed by atoms with Crippen molar-refractivity contribution in [3.05, 3.63) is 35.2 Å². The zero-order valence-electron chi connectivity index (χ0n) is 14.1. The minimum atomic E-state index is -0.0325. The molecule has 122 valence electrons. The van der Waals surface area contributed by atoms with Crippen LogP contribution in [-0.2, 0) is 0 Å². The van der Waals surface area contributed by atoms with Crippen molar-refractivity contribution in [3.63, 3.8) is 0 Å². The number of rotatable bonds is 4. The van der Waals surface area contributed by atoms with Crippen molar-refractivity contribution in [1.29, 1.82) is 0 Å². The maximum absolute atomic E-state index is 12.4. The van der Waals surface area contributed by atoms with E-state index in [1.165, 1.54) is 6.42 Å². The van der Waals surface area contributed by atoms with Gasteiger partial charge < -0.3 is 5.32 Å². The van der Waals surface area contributed by atoms with Crippen LogP contribution in [0.5, 0.6) is 0 Å². The quantitative estimate of drug-likeness (QED) is 0.942. The molecule has 0 saturated carbocycles. The Bertz CT molecular complexity index is 728. The Morgan fingerprint density at radius 2 is 2.00 bits per heavy atom. The lowest BCUT2D eigenvalue weighted by molar-refractivity contribution is 0.0941. The lowest BCUT2D eigenvalue weighted by Gasteiger charge is -2.22. The van der Waals surface area contributed by atoms with Crippen LogP contribution in [0, 0.1) is 13.8 Å². The molecule has 5 nitrogen and oxygen atoms in total. The van der Waals surface area contributed by atoms with Crippen LogP contribution in [0.3, 0.4) is 0 Å². The van der Waals surface area contributed by atoms with Gasteiger partial charge >= 0.3 is 0 Å². The smallest absolute Gasteiger partial charge is 0.251 e.